The van der Waals surface area contributed by atoms with Crippen LogP contribution in [0.2, 0.25) is 0 Å². The SMILES string of the molecule is C=C(C)N1CCN(c2ccc(-c3ccn[nH]3)cc2)CC1.CC. The maximum atomic E-state index is 4.01. The van der Waals surface area contributed by atoms with Crippen molar-refractivity contribution >= 4 is 5.69 Å². The normalized spacial score (nSPS) is 14.3. The number of anilines is 1. The van der Waals surface area contributed by atoms with Crippen LogP contribution >= 0.6 is 0 Å². The van der Waals surface area contributed by atoms with E-state index in [1.165, 1.54) is 16.9 Å². The number of piperazine rings is 1. The van der Waals surface area contributed by atoms with E-state index in [9.17, 15) is 0 Å². The first-order valence-electron chi connectivity index (χ1n) is 7.99. The monoisotopic (exact) mass is 298 g/mol. The molecule has 118 valence electrons. The fourth-order valence-corrected chi connectivity index (χ4v) is 2.61. The minimum absolute atomic E-state index is 1.05. The van der Waals surface area contributed by atoms with E-state index in [-0.39, 0.29) is 0 Å². The van der Waals surface area contributed by atoms with Crippen molar-refractivity contribution in [2.75, 3.05) is 31.1 Å². The number of rotatable bonds is 3. The Labute approximate surface area is 133 Å². The molecule has 0 saturated carbocycles. The number of hydrogen-bond acceptors (Lipinski definition) is 3. The van der Waals surface area contributed by atoms with Crippen molar-refractivity contribution in [3.05, 3.63) is 48.8 Å². The Kier molecular flexibility index (Phi) is 5.64. The van der Waals surface area contributed by atoms with Crippen LogP contribution in [0.1, 0.15) is 20.8 Å². The Hall–Kier alpha value is -2.23. The number of benzene rings is 1. The summed E-state index contributed by atoms with van der Waals surface area (Å²) >= 11 is 0. The summed E-state index contributed by atoms with van der Waals surface area (Å²) in [4.78, 5) is 4.77. The topological polar surface area (TPSA) is 35.2 Å². The Morgan fingerprint density at radius 3 is 2.18 bits per heavy atom. The van der Waals surface area contributed by atoms with Gasteiger partial charge in [-0.25, -0.2) is 0 Å². The zero-order valence-corrected chi connectivity index (χ0v) is 13.8. The Morgan fingerprint density at radius 1 is 1.05 bits per heavy atom. The molecule has 0 bridgehead atoms. The van der Waals surface area contributed by atoms with Crippen molar-refractivity contribution in [1.82, 2.24) is 15.1 Å². The highest BCUT2D eigenvalue weighted by atomic mass is 15.3. The minimum atomic E-state index is 1.05. The third-order valence-electron chi connectivity index (χ3n) is 3.86. The molecule has 2 heterocycles. The van der Waals surface area contributed by atoms with Crippen molar-refractivity contribution in [2.24, 2.45) is 0 Å². The van der Waals surface area contributed by atoms with Gasteiger partial charge in [-0.1, -0.05) is 32.6 Å². The molecule has 1 saturated heterocycles. The molecule has 0 aliphatic carbocycles. The average molecular weight is 298 g/mol. The highest BCUT2D eigenvalue weighted by molar-refractivity contribution is 5.62. The van der Waals surface area contributed by atoms with E-state index in [2.05, 4.69) is 57.8 Å². The number of aromatic nitrogens is 2. The van der Waals surface area contributed by atoms with Gasteiger partial charge in [0.2, 0.25) is 0 Å². The van der Waals surface area contributed by atoms with Crippen LogP contribution in [-0.2, 0) is 0 Å². The molecule has 1 fully saturated rings. The molecule has 0 atom stereocenters. The van der Waals surface area contributed by atoms with Crippen molar-refractivity contribution in [2.45, 2.75) is 20.8 Å². The summed E-state index contributed by atoms with van der Waals surface area (Å²) in [6.07, 6.45) is 1.78. The smallest absolute Gasteiger partial charge is 0.0650 e. The molecule has 0 radical (unpaired) electrons. The predicted octanol–water partition coefficient (Wildman–Crippen LogP) is 3.76. The number of hydrogen-bond donors (Lipinski definition) is 1. The first-order valence-corrected chi connectivity index (χ1v) is 7.99. The van der Waals surface area contributed by atoms with Crippen molar-refractivity contribution in [3.8, 4) is 11.3 Å². The molecule has 4 nitrogen and oxygen atoms in total. The van der Waals surface area contributed by atoms with Gasteiger partial charge in [-0.3, -0.25) is 5.10 Å². The lowest BCUT2D eigenvalue weighted by atomic mass is 10.1. The zero-order chi connectivity index (χ0) is 15.9. The second-order valence-electron chi connectivity index (χ2n) is 5.23. The highest BCUT2D eigenvalue weighted by Crippen LogP contribution is 2.22. The molecule has 2 aromatic rings. The van der Waals surface area contributed by atoms with E-state index in [1.54, 1.807) is 6.20 Å². The van der Waals surface area contributed by atoms with Crippen LogP contribution in [0, 0.1) is 0 Å². The molecular formula is C18H26N4. The minimum Gasteiger partial charge on any atom is -0.372 e. The third-order valence-corrected chi connectivity index (χ3v) is 3.86. The van der Waals surface area contributed by atoms with E-state index in [0.717, 1.165) is 31.9 Å². The van der Waals surface area contributed by atoms with Gasteiger partial charge in [-0.15, -0.1) is 0 Å². The van der Waals surface area contributed by atoms with Crippen molar-refractivity contribution < 1.29 is 0 Å². The Bertz CT molecular complexity index is 564. The van der Waals surface area contributed by atoms with Crippen LogP contribution in [0.3, 0.4) is 0 Å². The molecule has 1 aliphatic heterocycles. The lowest BCUT2D eigenvalue weighted by Crippen LogP contribution is -2.45. The molecule has 1 aromatic heterocycles. The van der Waals surface area contributed by atoms with Gasteiger partial charge in [-0.2, -0.15) is 5.10 Å². The van der Waals surface area contributed by atoms with E-state index >= 15 is 0 Å². The number of nitrogens with one attached hydrogen (secondary N) is 1. The summed E-state index contributed by atoms with van der Waals surface area (Å²) in [7, 11) is 0. The molecule has 0 unspecified atom stereocenters. The van der Waals surface area contributed by atoms with E-state index in [1.807, 2.05) is 19.9 Å². The third kappa shape index (κ3) is 3.70. The highest BCUT2D eigenvalue weighted by Gasteiger charge is 2.16. The molecule has 1 aliphatic rings. The summed E-state index contributed by atoms with van der Waals surface area (Å²) in [5.41, 5.74) is 4.68. The fourth-order valence-electron chi connectivity index (χ4n) is 2.61. The molecule has 3 rings (SSSR count). The second kappa shape index (κ2) is 7.69. The van der Waals surface area contributed by atoms with Gasteiger partial charge in [0.05, 0.1) is 5.69 Å². The molecule has 1 aromatic carbocycles. The van der Waals surface area contributed by atoms with Gasteiger partial charge in [0.1, 0.15) is 0 Å². The Balaban J connectivity index is 0.000000847. The van der Waals surface area contributed by atoms with E-state index in [4.69, 9.17) is 0 Å². The number of nitrogens with zero attached hydrogens (tertiary/aromatic N) is 3. The van der Waals surface area contributed by atoms with Gasteiger partial charge in [-0.05, 0) is 30.7 Å². The molecule has 0 amide bonds. The van der Waals surface area contributed by atoms with Crippen LogP contribution in [0.5, 0.6) is 0 Å². The quantitative estimate of drug-likeness (QED) is 0.937. The van der Waals surface area contributed by atoms with Crippen LogP contribution in [-0.4, -0.2) is 41.3 Å². The van der Waals surface area contributed by atoms with Gasteiger partial charge in [0, 0.05) is 43.8 Å². The number of allylic oxidation sites excluding steroid dienone is 1. The van der Waals surface area contributed by atoms with Gasteiger partial charge >= 0.3 is 0 Å². The number of aromatic amines is 1. The standard InChI is InChI=1S/C16H20N4.C2H6/c1-13(2)19-9-11-20(12-10-19)15-5-3-14(4-6-15)16-7-8-17-18-16;1-2/h3-8H,1,9-12H2,2H3,(H,17,18);1-2H3. The molecule has 1 N–H and O–H groups in total. The summed E-state index contributed by atoms with van der Waals surface area (Å²) in [6, 6.07) is 10.7. The van der Waals surface area contributed by atoms with Gasteiger partial charge in [0.25, 0.3) is 0 Å². The van der Waals surface area contributed by atoms with Gasteiger partial charge < -0.3 is 9.80 Å². The summed E-state index contributed by atoms with van der Waals surface area (Å²) in [5, 5.41) is 6.98. The van der Waals surface area contributed by atoms with Crippen LogP contribution in [0.15, 0.2) is 48.8 Å². The molecular weight excluding hydrogens is 272 g/mol. The predicted molar refractivity (Wildman–Crippen MR) is 94.0 cm³/mol. The first-order chi connectivity index (χ1) is 10.7. The second-order valence-corrected chi connectivity index (χ2v) is 5.23. The molecule has 0 spiro atoms. The molecule has 22 heavy (non-hydrogen) atoms. The largest absolute Gasteiger partial charge is 0.372 e. The number of H-pyrrole nitrogens is 1. The van der Waals surface area contributed by atoms with E-state index < -0.39 is 0 Å². The van der Waals surface area contributed by atoms with Crippen molar-refractivity contribution in [3.63, 3.8) is 0 Å². The Morgan fingerprint density at radius 2 is 1.68 bits per heavy atom. The van der Waals surface area contributed by atoms with Crippen LogP contribution < -0.4 is 4.90 Å². The summed E-state index contributed by atoms with van der Waals surface area (Å²) in [6.45, 7) is 14.3. The van der Waals surface area contributed by atoms with E-state index in [0.29, 0.717) is 0 Å². The first kappa shape index (κ1) is 16.1. The van der Waals surface area contributed by atoms with Crippen molar-refractivity contribution in [1.29, 1.82) is 0 Å². The summed E-state index contributed by atoms with van der Waals surface area (Å²) < 4.78 is 0. The average Bonchev–Trinajstić information content (AvgIpc) is 3.11. The maximum Gasteiger partial charge on any atom is 0.0650 e. The maximum absolute atomic E-state index is 4.01. The summed E-state index contributed by atoms with van der Waals surface area (Å²) in [5.74, 6) is 0. The van der Waals surface area contributed by atoms with Crippen LogP contribution in [0.4, 0.5) is 5.69 Å². The zero-order valence-electron chi connectivity index (χ0n) is 13.8. The van der Waals surface area contributed by atoms with Gasteiger partial charge in [0.15, 0.2) is 0 Å². The van der Waals surface area contributed by atoms with Crippen LogP contribution in [0.25, 0.3) is 11.3 Å². The molecule has 4 heteroatoms. The lowest BCUT2D eigenvalue weighted by molar-refractivity contribution is 0.323. The fraction of sp³-hybridized carbons (Fsp3) is 0.389. The lowest BCUT2D eigenvalue weighted by Gasteiger charge is -2.37.